The molecule has 0 spiro atoms. The van der Waals surface area contributed by atoms with Crippen LogP contribution in [0.4, 0.5) is 0 Å². The molecule has 1 aliphatic heterocycles. The van der Waals surface area contributed by atoms with Crippen molar-refractivity contribution < 1.29 is 0 Å². The third kappa shape index (κ3) is 3.98. The van der Waals surface area contributed by atoms with Crippen molar-refractivity contribution in [3.63, 3.8) is 0 Å². The zero-order chi connectivity index (χ0) is 15.6. The minimum Gasteiger partial charge on any atom is -0.326 e. The second kappa shape index (κ2) is 6.66. The highest BCUT2D eigenvalue weighted by Crippen LogP contribution is 2.31. The zero-order valence-electron chi connectivity index (χ0n) is 13.6. The van der Waals surface area contributed by atoms with Gasteiger partial charge in [0.25, 0.3) is 0 Å². The normalized spacial score (nSPS) is 21.2. The van der Waals surface area contributed by atoms with E-state index >= 15 is 0 Å². The Labute approximate surface area is 134 Å². The topological polar surface area (TPSA) is 32.5 Å². The molecule has 1 aromatic carbocycles. The first kappa shape index (κ1) is 16.8. The molecule has 2 atom stereocenters. The second-order valence-electron chi connectivity index (χ2n) is 7.02. The van der Waals surface area contributed by atoms with Crippen LogP contribution in [-0.4, -0.2) is 47.6 Å². The Morgan fingerprint density at radius 3 is 2.14 bits per heavy atom. The highest BCUT2D eigenvalue weighted by Gasteiger charge is 2.31. The maximum atomic E-state index is 6.39. The predicted octanol–water partition coefficient (Wildman–Crippen LogP) is 3.14. The molecule has 0 saturated carbocycles. The van der Waals surface area contributed by atoms with Crippen LogP contribution >= 0.6 is 11.6 Å². The zero-order valence-corrected chi connectivity index (χ0v) is 14.4. The molecular weight excluding hydrogens is 282 g/mol. The van der Waals surface area contributed by atoms with E-state index in [-0.39, 0.29) is 17.6 Å². The Hall–Kier alpha value is -0.610. The molecule has 0 aliphatic carbocycles. The lowest BCUT2D eigenvalue weighted by Crippen LogP contribution is -2.55. The quantitative estimate of drug-likeness (QED) is 0.931. The number of benzene rings is 1. The van der Waals surface area contributed by atoms with Crippen LogP contribution in [-0.2, 0) is 0 Å². The van der Waals surface area contributed by atoms with E-state index in [1.54, 1.807) is 0 Å². The van der Waals surface area contributed by atoms with Gasteiger partial charge in [-0.05, 0) is 39.3 Å². The van der Waals surface area contributed by atoms with Gasteiger partial charge < -0.3 is 5.73 Å². The molecule has 4 heteroatoms. The Kier molecular flexibility index (Phi) is 5.31. The number of nitrogens with two attached hydrogens (primary N) is 1. The SMILES string of the molecule is CC(N)C(c1ccccc1Cl)N1CCN(C(C)(C)C)CC1. The fourth-order valence-electron chi connectivity index (χ4n) is 3.20. The van der Waals surface area contributed by atoms with Gasteiger partial charge in [-0.15, -0.1) is 0 Å². The van der Waals surface area contributed by atoms with Gasteiger partial charge in [-0.2, -0.15) is 0 Å². The summed E-state index contributed by atoms with van der Waals surface area (Å²) in [7, 11) is 0. The van der Waals surface area contributed by atoms with Gasteiger partial charge in [0.15, 0.2) is 0 Å². The van der Waals surface area contributed by atoms with Gasteiger partial charge in [0, 0.05) is 42.8 Å². The summed E-state index contributed by atoms with van der Waals surface area (Å²) in [5.74, 6) is 0. The number of hydrogen-bond acceptors (Lipinski definition) is 3. The van der Waals surface area contributed by atoms with E-state index in [2.05, 4.69) is 43.6 Å². The summed E-state index contributed by atoms with van der Waals surface area (Å²) in [5, 5.41) is 0.818. The largest absolute Gasteiger partial charge is 0.326 e. The monoisotopic (exact) mass is 309 g/mol. The van der Waals surface area contributed by atoms with Gasteiger partial charge in [-0.25, -0.2) is 0 Å². The van der Waals surface area contributed by atoms with Gasteiger partial charge in [-0.1, -0.05) is 29.8 Å². The first-order valence-electron chi connectivity index (χ1n) is 7.80. The van der Waals surface area contributed by atoms with Crippen LogP contribution in [0.2, 0.25) is 5.02 Å². The predicted molar refractivity (Wildman–Crippen MR) is 90.7 cm³/mol. The van der Waals surface area contributed by atoms with Crippen molar-refractivity contribution in [3.8, 4) is 0 Å². The first-order valence-corrected chi connectivity index (χ1v) is 8.17. The molecule has 1 aromatic rings. The maximum Gasteiger partial charge on any atom is 0.0512 e. The average Bonchev–Trinajstić information content (AvgIpc) is 2.40. The van der Waals surface area contributed by atoms with E-state index in [0.717, 1.165) is 36.8 Å². The molecule has 1 fully saturated rings. The van der Waals surface area contributed by atoms with Crippen LogP contribution in [0.5, 0.6) is 0 Å². The molecule has 1 aliphatic rings. The number of hydrogen-bond donors (Lipinski definition) is 1. The van der Waals surface area contributed by atoms with Gasteiger partial charge >= 0.3 is 0 Å². The van der Waals surface area contributed by atoms with E-state index in [4.69, 9.17) is 17.3 Å². The molecule has 2 rings (SSSR count). The van der Waals surface area contributed by atoms with Crippen LogP contribution < -0.4 is 5.73 Å². The van der Waals surface area contributed by atoms with Crippen LogP contribution in [0.1, 0.15) is 39.3 Å². The number of nitrogens with zero attached hydrogens (tertiary/aromatic N) is 2. The highest BCUT2D eigenvalue weighted by atomic mass is 35.5. The van der Waals surface area contributed by atoms with Gasteiger partial charge in [0.2, 0.25) is 0 Å². The van der Waals surface area contributed by atoms with Crippen molar-refractivity contribution in [1.29, 1.82) is 0 Å². The standard InChI is InChI=1S/C17H28ClN3/c1-13(19)16(14-7-5-6-8-15(14)18)20-9-11-21(12-10-20)17(2,3)4/h5-8,13,16H,9-12,19H2,1-4H3. The average molecular weight is 310 g/mol. The third-order valence-corrected chi connectivity index (χ3v) is 4.72. The minimum atomic E-state index is 0.0612. The van der Waals surface area contributed by atoms with E-state index in [0.29, 0.717) is 0 Å². The molecule has 0 amide bonds. The van der Waals surface area contributed by atoms with Crippen molar-refractivity contribution in [2.45, 2.75) is 45.3 Å². The Morgan fingerprint density at radius 1 is 1.10 bits per heavy atom. The minimum absolute atomic E-state index is 0.0612. The van der Waals surface area contributed by atoms with Crippen molar-refractivity contribution >= 4 is 11.6 Å². The molecular formula is C17H28ClN3. The van der Waals surface area contributed by atoms with Crippen molar-refractivity contribution in [3.05, 3.63) is 34.9 Å². The number of piperazine rings is 1. The lowest BCUT2D eigenvalue weighted by molar-refractivity contribution is 0.0369. The first-order chi connectivity index (χ1) is 9.80. The van der Waals surface area contributed by atoms with Crippen LogP contribution in [0, 0.1) is 0 Å². The van der Waals surface area contributed by atoms with Crippen LogP contribution in [0.15, 0.2) is 24.3 Å². The summed E-state index contributed by atoms with van der Waals surface area (Å²) in [6, 6.07) is 8.33. The van der Waals surface area contributed by atoms with Crippen LogP contribution in [0.3, 0.4) is 0 Å². The fourth-order valence-corrected chi connectivity index (χ4v) is 3.45. The molecule has 2 N–H and O–H groups in total. The Morgan fingerprint density at radius 2 is 1.67 bits per heavy atom. The van der Waals surface area contributed by atoms with Gasteiger partial charge in [0.1, 0.15) is 0 Å². The van der Waals surface area contributed by atoms with E-state index in [9.17, 15) is 0 Å². The smallest absolute Gasteiger partial charge is 0.0512 e. The summed E-state index contributed by atoms with van der Waals surface area (Å²) < 4.78 is 0. The van der Waals surface area contributed by atoms with Crippen LogP contribution in [0.25, 0.3) is 0 Å². The van der Waals surface area contributed by atoms with Crippen molar-refractivity contribution in [2.75, 3.05) is 26.2 Å². The summed E-state index contributed by atoms with van der Waals surface area (Å²) in [5.41, 5.74) is 7.66. The molecule has 1 saturated heterocycles. The van der Waals surface area contributed by atoms with Crippen molar-refractivity contribution in [1.82, 2.24) is 9.80 Å². The molecule has 2 unspecified atom stereocenters. The van der Waals surface area contributed by atoms with Gasteiger partial charge in [-0.3, -0.25) is 9.80 Å². The Balaban J connectivity index is 2.13. The highest BCUT2D eigenvalue weighted by molar-refractivity contribution is 6.31. The molecule has 0 bridgehead atoms. The van der Waals surface area contributed by atoms with E-state index in [1.807, 2.05) is 18.2 Å². The Bertz CT molecular complexity index is 459. The third-order valence-electron chi connectivity index (χ3n) is 4.38. The second-order valence-corrected chi connectivity index (χ2v) is 7.43. The summed E-state index contributed by atoms with van der Waals surface area (Å²) in [6.45, 7) is 13.1. The summed E-state index contributed by atoms with van der Waals surface area (Å²) in [4.78, 5) is 5.02. The molecule has 3 nitrogen and oxygen atoms in total. The molecule has 118 valence electrons. The van der Waals surface area contributed by atoms with Crippen molar-refractivity contribution in [2.24, 2.45) is 5.73 Å². The molecule has 1 heterocycles. The molecule has 0 aromatic heterocycles. The number of rotatable bonds is 3. The lowest BCUT2D eigenvalue weighted by Gasteiger charge is -2.45. The summed E-state index contributed by atoms with van der Waals surface area (Å²) in [6.07, 6.45) is 0. The molecule has 0 radical (unpaired) electrons. The molecule has 21 heavy (non-hydrogen) atoms. The maximum absolute atomic E-state index is 6.39. The number of halogens is 1. The fraction of sp³-hybridized carbons (Fsp3) is 0.647. The van der Waals surface area contributed by atoms with Gasteiger partial charge in [0.05, 0.1) is 6.04 Å². The van der Waals surface area contributed by atoms with E-state index in [1.165, 1.54) is 0 Å². The lowest BCUT2D eigenvalue weighted by atomic mass is 9.97. The summed E-state index contributed by atoms with van der Waals surface area (Å²) >= 11 is 6.39. The van der Waals surface area contributed by atoms with E-state index < -0.39 is 0 Å².